The van der Waals surface area contributed by atoms with Crippen LogP contribution in [0.15, 0.2) is 77.8 Å². The van der Waals surface area contributed by atoms with E-state index >= 15 is 0 Å². The Kier molecular flexibility index (Phi) is 8.52. The van der Waals surface area contributed by atoms with Crippen molar-refractivity contribution in [1.29, 1.82) is 0 Å². The fraction of sp³-hybridized carbons (Fsp3) is 0.333. The van der Waals surface area contributed by atoms with Crippen molar-refractivity contribution < 1.29 is 22.7 Å². The van der Waals surface area contributed by atoms with Gasteiger partial charge in [0.2, 0.25) is 0 Å². The molecule has 0 fully saturated rings. The Hall–Kier alpha value is -3.65. The number of hydrogen-bond donors (Lipinski definition) is 0. The van der Waals surface area contributed by atoms with Crippen LogP contribution in [0.25, 0.3) is 0 Å². The second-order valence-corrected chi connectivity index (χ2v) is 9.48. The van der Waals surface area contributed by atoms with Crippen LogP contribution in [0.5, 0.6) is 5.75 Å². The summed E-state index contributed by atoms with van der Waals surface area (Å²) in [5, 5.41) is 0. The van der Waals surface area contributed by atoms with Crippen molar-refractivity contribution in [2.75, 3.05) is 25.1 Å². The van der Waals surface area contributed by atoms with Gasteiger partial charge < -0.3 is 9.64 Å². The van der Waals surface area contributed by atoms with E-state index in [0.717, 1.165) is 37.9 Å². The van der Waals surface area contributed by atoms with Crippen molar-refractivity contribution in [2.24, 2.45) is 4.99 Å². The van der Waals surface area contributed by atoms with Crippen LogP contribution >= 0.6 is 0 Å². The summed E-state index contributed by atoms with van der Waals surface area (Å²) in [4.78, 5) is 21.7. The number of nitrogens with zero attached hydrogens (tertiary/aromatic N) is 3. The highest BCUT2D eigenvalue weighted by Crippen LogP contribution is 2.38. The first-order valence-corrected chi connectivity index (χ1v) is 12.8. The molecule has 4 rings (SSSR count). The number of alkyl halides is 3. The normalized spacial score (nSPS) is 15.3. The number of carbonyl (C=O) groups is 1. The van der Waals surface area contributed by atoms with Crippen molar-refractivity contribution >= 4 is 28.7 Å². The number of rotatable bonds is 10. The molecule has 38 heavy (non-hydrogen) atoms. The van der Waals surface area contributed by atoms with Crippen LogP contribution in [0.4, 0.5) is 30.2 Å². The molecule has 3 aromatic carbocycles. The van der Waals surface area contributed by atoms with Gasteiger partial charge in [0.15, 0.2) is 0 Å². The maximum atomic E-state index is 13.5. The number of carbonyl (C=O) groups excluding carboxylic acids is 1. The van der Waals surface area contributed by atoms with Gasteiger partial charge in [0, 0.05) is 24.2 Å². The summed E-state index contributed by atoms with van der Waals surface area (Å²) in [7, 11) is 2.12. The minimum absolute atomic E-state index is 0.0649. The first kappa shape index (κ1) is 27.4. The zero-order chi connectivity index (χ0) is 27.3. The molecule has 3 aromatic rings. The molecule has 0 aliphatic carbocycles. The summed E-state index contributed by atoms with van der Waals surface area (Å²) in [6, 6.07) is 19.6. The van der Waals surface area contributed by atoms with E-state index in [1.165, 1.54) is 17.0 Å². The average Bonchev–Trinajstić information content (AvgIpc) is 3.17. The number of benzene rings is 3. The second kappa shape index (κ2) is 11.8. The highest BCUT2D eigenvalue weighted by atomic mass is 19.4. The summed E-state index contributed by atoms with van der Waals surface area (Å²) >= 11 is 0. The minimum atomic E-state index is -4.50. The molecular weight excluding hydrogens is 491 g/mol. The predicted octanol–water partition coefficient (Wildman–Crippen LogP) is 7.39. The molecule has 0 N–H and O–H groups in total. The standard InChI is InChI=1S/C30H32F3N3O2/c1-4-10-21(2)35(3)17-9-18-38-25-14-8-13-24(20-25)36-27-16-6-5-15-26(27)28(29(36)37)34-23-12-7-11-22(19-23)30(31,32)33/h5-8,11-16,19-21H,4,9-10,17-18H2,1-3H3. The number of halogens is 3. The Bertz CT molecular complexity index is 1310. The van der Waals surface area contributed by atoms with Crippen molar-refractivity contribution in [3.63, 3.8) is 0 Å². The molecule has 1 unspecified atom stereocenters. The molecule has 0 bridgehead atoms. The van der Waals surface area contributed by atoms with E-state index < -0.39 is 17.6 Å². The quantitative estimate of drug-likeness (QED) is 0.260. The van der Waals surface area contributed by atoms with E-state index in [9.17, 15) is 18.0 Å². The average molecular weight is 524 g/mol. The highest BCUT2D eigenvalue weighted by Gasteiger charge is 2.35. The van der Waals surface area contributed by atoms with E-state index in [2.05, 4.69) is 30.8 Å². The number of aliphatic imine (C=N–C) groups is 1. The molecule has 0 radical (unpaired) electrons. The van der Waals surface area contributed by atoms with Crippen LogP contribution in [0.1, 0.15) is 44.2 Å². The van der Waals surface area contributed by atoms with E-state index in [1.807, 2.05) is 18.2 Å². The molecule has 0 saturated heterocycles. The number of amides is 1. The van der Waals surface area contributed by atoms with Crippen LogP contribution in [-0.4, -0.2) is 42.8 Å². The SMILES string of the molecule is CCCC(C)N(C)CCCOc1cccc(N2C(=O)C(=Nc3cccc(C(F)(F)F)c3)c3ccccc32)c1. The molecule has 8 heteroatoms. The third-order valence-electron chi connectivity index (χ3n) is 6.68. The van der Waals surface area contributed by atoms with Gasteiger partial charge in [-0.3, -0.25) is 9.69 Å². The van der Waals surface area contributed by atoms with Crippen molar-refractivity contribution in [1.82, 2.24) is 4.90 Å². The maximum Gasteiger partial charge on any atom is 0.416 e. The Morgan fingerprint density at radius 3 is 2.55 bits per heavy atom. The largest absolute Gasteiger partial charge is 0.493 e. The summed E-state index contributed by atoms with van der Waals surface area (Å²) in [5.74, 6) is 0.229. The second-order valence-electron chi connectivity index (χ2n) is 9.48. The van der Waals surface area contributed by atoms with Crippen LogP contribution in [-0.2, 0) is 11.0 Å². The van der Waals surface area contributed by atoms with Crippen molar-refractivity contribution in [2.45, 2.75) is 45.3 Å². The lowest BCUT2D eigenvalue weighted by Crippen LogP contribution is -2.30. The molecule has 0 aromatic heterocycles. The van der Waals surface area contributed by atoms with Gasteiger partial charge in [0.1, 0.15) is 11.5 Å². The zero-order valence-electron chi connectivity index (χ0n) is 21.8. The van der Waals surface area contributed by atoms with Gasteiger partial charge in [-0.05, 0) is 63.2 Å². The first-order valence-electron chi connectivity index (χ1n) is 12.8. The number of hydrogen-bond acceptors (Lipinski definition) is 4. The third kappa shape index (κ3) is 6.25. The molecule has 1 heterocycles. The maximum absolute atomic E-state index is 13.5. The van der Waals surface area contributed by atoms with E-state index in [-0.39, 0.29) is 11.4 Å². The van der Waals surface area contributed by atoms with Crippen LogP contribution in [0.3, 0.4) is 0 Å². The van der Waals surface area contributed by atoms with Crippen molar-refractivity contribution in [3.05, 3.63) is 83.9 Å². The van der Waals surface area contributed by atoms with Crippen LogP contribution in [0.2, 0.25) is 0 Å². The first-order chi connectivity index (χ1) is 18.2. The minimum Gasteiger partial charge on any atom is -0.493 e. The molecule has 1 aliphatic rings. The highest BCUT2D eigenvalue weighted by molar-refractivity contribution is 6.56. The van der Waals surface area contributed by atoms with Gasteiger partial charge >= 0.3 is 6.18 Å². The smallest absolute Gasteiger partial charge is 0.416 e. The number of fused-ring (bicyclic) bond motifs is 1. The van der Waals surface area contributed by atoms with Crippen molar-refractivity contribution in [3.8, 4) is 5.75 Å². The zero-order valence-corrected chi connectivity index (χ0v) is 21.8. The van der Waals surface area contributed by atoms with Gasteiger partial charge in [0.25, 0.3) is 5.91 Å². The molecule has 1 aliphatic heterocycles. The van der Waals surface area contributed by atoms with Gasteiger partial charge in [-0.2, -0.15) is 13.2 Å². The fourth-order valence-electron chi connectivity index (χ4n) is 4.52. The lowest BCUT2D eigenvalue weighted by Gasteiger charge is -2.24. The van der Waals surface area contributed by atoms with Gasteiger partial charge in [0.05, 0.1) is 29.2 Å². The van der Waals surface area contributed by atoms with E-state index in [1.54, 1.807) is 30.3 Å². The summed E-state index contributed by atoms with van der Waals surface area (Å²) < 4.78 is 45.6. The van der Waals surface area contributed by atoms with E-state index in [0.29, 0.717) is 35.3 Å². The van der Waals surface area contributed by atoms with Gasteiger partial charge in [-0.15, -0.1) is 0 Å². The van der Waals surface area contributed by atoms with Gasteiger partial charge in [-0.1, -0.05) is 43.7 Å². The lowest BCUT2D eigenvalue weighted by atomic mass is 10.1. The number of para-hydroxylation sites is 1. The lowest BCUT2D eigenvalue weighted by molar-refractivity contribution is -0.137. The fourth-order valence-corrected chi connectivity index (χ4v) is 4.52. The summed E-state index contributed by atoms with van der Waals surface area (Å²) in [6.07, 6.45) is -1.32. The van der Waals surface area contributed by atoms with Crippen LogP contribution < -0.4 is 9.64 Å². The topological polar surface area (TPSA) is 45.1 Å². The molecular formula is C30H32F3N3O2. The van der Waals surface area contributed by atoms with Crippen LogP contribution in [0, 0.1) is 0 Å². The van der Waals surface area contributed by atoms with Gasteiger partial charge in [-0.25, -0.2) is 4.99 Å². The molecule has 0 saturated carbocycles. The number of ether oxygens (including phenoxy) is 1. The molecule has 5 nitrogen and oxygen atoms in total. The molecule has 200 valence electrons. The molecule has 1 amide bonds. The Labute approximate surface area is 221 Å². The Balaban J connectivity index is 1.53. The summed E-state index contributed by atoms with van der Waals surface area (Å²) in [5.41, 5.74) is 1.12. The Morgan fingerprint density at radius 1 is 1.03 bits per heavy atom. The molecule has 1 atom stereocenters. The Morgan fingerprint density at radius 2 is 1.79 bits per heavy atom. The monoisotopic (exact) mass is 523 g/mol. The predicted molar refractivity (Wildman–Crippen MR) is 145 cm³/mol. The van der Waals surface area contributed by atoms with E-state index in [4.69, 9.17) is 4.74 Å². The molecule has 0 spiro atoms. The summed E-state index contributed by atoms with van der Waals surface area (Å²) in [6.45, 7) is 5.88. The number of anilines is 2. The third-order valence-corrected chi connectivity index (χ3v) is 6.68.